The van der Waals surface area contributed by atoms with Crippen molar-refractivity contribution in [1.82, 2.24) is 9.55 Å². The molecular formula is C28H28ClN3O3. The number of carboxylic acids is 1. The highest BCUT2D eigenvalue weighted by Crippen LogP contribution is 2.54. The van der Waals surface area contributed by atoms with Gasteiger partial charge in [-0.1, -0.05) is 56.5 Å². The molecule has 2 aromatic carbocycles. The minimum atomic E-state index is -1.01. The second kappa shape index (κ2) is 9.34. The van der Waals surface area contributed by atoms with Crippen molar-refractivity contribution in [3.8, 4) is 0 Å². The number of amides is 1. The summed E-state index contributed by atoms with van der Waals surface area (Å²) in [6.45, 7) is 5.44. The lowest BCUT2D eigenvalue weighted by Crippen LogP contribution is -2.27. The molecule has 0 radical (unpaired) electrons. The number of benzene rings is 2. The first-order valence-corrected chi connectivity index (χ1v) is 12.6. The normalized spacial score (nSPS) is 13.9. The fourth-order valence-corrected chi connectivity index (χ4v) is 5.24. The van der Waals surface area contributed by atoms with Crippen LogP contribution in [0.4, 0.5) is 5.69 Å². The van der Waals surface area contributed by atoms with Crippen molar-refractivity contribution in [3.63, 3.8) is 0 Å². The Morgan fingerprint density at radius 1 is 1.09 bits per heavy atom. The second-order valence-electron chi connectivity index (χ2n) is 9.12. The molecule has 1 N–H and O–H groups in total. The number of carbonyl (C=O) groups excluding carboxylic acids is 1. The van der Waals surface area contributed by atoms with Gasteiger partial charge >= 0.3 is 5.97 Å². The Balaban J connectivity index is 1.58. The summed E-state index contributed by atoms with van der Waals surface area (Å²) in [7, 11) is 0. The zero-order valence-electron chi connectivity index (χ0n) is 20.0. The molecule has 6 nitrogen and oxygen atoms in total. The van der Waals surface area contributed by atoms with Gasteiger partial charge in [0.2, 0.25) is 0 Å². The van der Waals surface area contributed by atoms with E-state index in [0.717, 1.165) is 83.7 Å². The van der Waals surface area contributed by atoms with Crippen LogP contribution in [0.25, 0.3) is 11.1 Å². The summed E-state index contributed by atoms with van der Waals surface area (Å²) in [5, 5.41) is 9.70. The minimum absolute atomic E-state index is 0.0638. The number of hydrogen-bond acceptors (Lipinski definition) is 3. The third kappa shape index (κ3) is 3.86. The molecule has 7 heteroatoms. The van der Waals surface area contributed by atoms with E-state index in [0.29, 0.717) is 11.6 Å². The maximum Gasteiger partial charge on any atom is 0.335 e. The summed E-state index contributed by atoms with van der Waals surface area (Å²) in [6, 6.07) is 10.9. The van der Waals surface area contributed by atoms with Gasteiger partial charge in [-0.3, -0.25) is 4.79 Å². The molecule has 180 valence electrons. The highest BCUT2D eigenvalue weighted by molar-refractivity contribution is 6.44. The summed E-state index contributed by atoms with van der Waals surface area (Å²) in [5.41, 5.74) is 6.74. The molecule has 2 aliphatic rings. The van der Waals surface area contributed by atoms with Gasteiger partial charge in [-0.05, 0) is 42.2 Å². The molecule has 0 atom stereocenters. The van der Waals surface area contributed by atoms with E-state index in [-0.39, 0.29) is 11.5 Å². The molecule has 5 rings (SSSR count). The van der Waals surface area contributed by atoms with Gasteiger partial charge in [0.05, 0.1) is 35.3 Å². The molecule has 3 aromatic rings. The topological polar surface area (TPSA) is 75.4 Å². The third-order valence-electron chi connectivity index (χ3n) is 6.87. The number of halogens is 1. The summed E-state index contributed by atoms with van der Waals surface area (Å²) < 4.78 is 2.14. The van der Waals surface area contributed by atoms with Crippen LogP contribution in [0.15, 0.2) is 42.6 Å². The van der Waals surface area contributed by atoms with E-state index < -0.39 is 5.97 Å². The van der Waals surface area contributed by atoms with E-state index >= 15 is 0 Å². The van der Waals surface area contributed by atoms with E-state index in [1.807, 2.05) is 23.2 Å². The molecule has 2 heterocycles. The van der Waals surface area contributed by atoms with Crippen LogP contribution in [0, 0.1) is 0 Å². The average Bonchev–Trinajstić information content (AvgIpc) is 3.33. The maximum absolute atomic E-state index is 13.5. The molecule has 0 saturated heterocycles. The standard InChI is InChI=1S/C28H28ClN3O3/c1-3-5-10-23-30-15-22(32(23)16-18-12-11-17(28(34)35)14-20(18)29)25-19-8-7-9-21-24(19)26(25)27(33)31(21)13-6-4-2/h7-9,11-12,14-15H,3-6,10,13,16H2,1-2H3,(H,34,35). The molecule has 35 heavy (non-hydrogen) atoms. The van der Waals surface area contributed by atoms with Crippen LogP contribution in [0.5, 0.6) is 0 Å². The highest BCUT2D eigenvalue weighted by Gasteiger charge is 2.44. The van der Waals surface area contributed by atoms with Crippen molar-refractivity contribution in [3.05, 3.63) is 81.4 Å². The number of imidazole rings is 1. The lowest BCUT2D eigenvalue weighted by molar-refractivity contribution is -0.113. The van der Waals surface area contributed by atoms with Gasteiger partial charge in [0.25, 0.3) is 5.91 Å². The van der Waals surface area contributed by atoms with Gasteiger partial charge in [-0.15, -0.1) is 0 Å². The fourth-order valence-electron chi connectivity index (χ4n) is 5.00. The first-order chi connectivity index (χ1) is 17.0. The number of carbonyl (C=O) groups is 2. The number of nitrogens with zero attached hydrogens (tertiary/aromatic N) is 3. The number of carboxylic acid groups (broad SMARTS) is 1. The lowest BCUT2D eigenvalue weighted by atomic mass is 9.79. The highest BCUT2D eigenvalue weighted by atomic mass is 35.5. The maximum atomic E-state index is 13.5. The quantitative estimate of drug-likeness (QED) is 0.376. The van der Waals surface area contributed by atoms with Crippen molar-refractivity contribution >= 4 is 40.3 Å². The molecule has 0 fully saturated rings. The van der Waals surface area contributed by atoms with Gasteiger partial charge in [-0.2, -0.15) is 0 Å². The molecule has 0 unspecified atom stereocenters. The Hall–Kier alpha value is -3.38. The van der Waals surface area contributed by atoms with Crippen molar-refractivity contribution in [2.75, 3.05) is 11.4 Å². The second-order valence-corrected chi connectivity index (χ2v) is 9.53. The van der Waals surface area contributed by atoms with Crippen LogP contribution in [0.3, 0.4) is 0 Å². The van der Waals surface area contributed by atoms with Crippen LogP contribution in [-0.2, 0) is 17.8 Å². The molecule has 1 aromatic heterocycles. The zero-order valence-corrected chi connectivity index (χ0v) is 20.7. The summed E-state index contributed by atoms with van der Waals surface area (Å²) >= 11 is 6.49. The average molecular weight is 490 g/mol. The molecule has 0 spiro atoms. The fraction of sp³-hybridized carbons (Fsp3) is 0.321. The number of hydrogen-bond donors (Lipinski definition) is 1. The zero-order chi connectivity index (χ0) is 24.7. The number of rotatable bonds is 10. The molecule has 0 bridgehead atoms. The Morgan fingerprint density at radius 3 is 2.60 bits per heavy atom. The van der Waals surface area contributed by atoms with Crippen molar-refractivity contribution in [2.24, 2.45) is 0 Å². The third-order valence-corrected chi connectivity index (χ3v) is 7.23. The predicted octanol–water partition coefficient (Wildman–Crippen LogP) is 6.04. The van der Waals surface area contributed by atoms with Crippen LogP contribution < -0.4 is 4.90 Å². The molecule has 1 aliphatic heterocycles. The molecule has 0 saturated carbocycles. The van der Waals surface area contributed by atoms with Crippen molar-refractivity contribution < 1.29 is 14.7 Å². The number of aryl methyl sites for hydroxylation is 1. The molecule has 1 amide bonds. The van der Waals surface area contributed by atoms with E-state index in [1.165, 1.54) is 6.07 Å². The molecular weight excluding hydrogens is 462 g/mol. The molecule has 1 aliphatic carbocycles. The number of aromatic nitrogens is 2. The Labute approximate surface area is 209 Å². The van der Waals surface area contributed by atoms with Gasteiger partial charge in [0.15, 0.2) is 0 Å². The Morgan fingerprint density at radius 2 is 1.89 bits per heavy atom. The summed E-state index contributed by atoms with van der Waals surface area (Å²) in [4.78, 5) is 31.5. The Bertz CT molecular complexity index is 1370. The monoisotopic (exact) mass is 489 g/mol. The lowest BCUT2D eigenvalue weighted by Gasteiger charge is -2.24. The largest absolute Gasteiger partial charge is 0.478 e. The van der Waals surface area contributed by atoms with Crippen LogP contribution in [-0.4, -0.2) is 33.1 Å². The summed E-state index contributed by atoms with van der Waals surface area (Å²) in [6.07, 6.45) is 6.71. The smallest absolute Gasteiger partial charge is 0.335 e. The number of aromatic carboxylic acids is 1. The van der Waals surface area contributed by atoms with Crippen LogP contribution >= 0.6 is 11.6 Å². The SMILES string of the molecule is CCCCc1ncc(C2=C3C(=O)N(CCCC)c4cccc2c43)n1Cc1ccc(C(=O)O)cc1Cl. The van der Waals surface area contributed by atoms with Crippen LogP contribution in [0.1, 0.15) is 78.1 Å². The van der Waals surface area contributed by atoms with E-state index in [2.05, 4.69) is 24.5 Å². The van der Waals surface area contributed by atoms with E-state index in [9.17, 15) is 14.7 Å². The summed E-state index contributed by atoms with van der Waals surface area (Å²) in [5.74, 6) is -0.00770. The van der Waals surface area contributed by atoms with Gasteiger partial charge in [0.1, 0.15) is 5.82 Å². The van der Waals surface area contributed by atoms with E-state index in [1.54, 1.807) is 12.1 Å². The van der Waals surface area contributed by atoms with Crippen molar-refractivity contribution in [2.45, 2.75) is 52.5 Å². The number of unbranched alkanes of at least 4 members (excludes halogenated alkanes) is 2. The van der Waals surface area contributed by atoms with E-state index in [4.69, 9.17) is 16.6 Å². The Kier molecular flexibility index (Phi) is 6.24. The first-order valence-electron chi connectivity index (χ1n) is 12.2. The van der Waals surface area contributed by atoms with Gasteiger partial charge in [-0.25, -0.2) is 9.78 Å². The predicted molar refractivity (Wildman–Crippen MR) is 138 cm³/mol. The van der Waals surface area contributed by atoms with Crippen LogP contribution in [0.2, 0.25) is 5.02 Å². The van der Waals surface area contributed by atoms with Gasteiger partial charge < -0.3 is 14.6 Å². The first kappa shape index (κ1) is 23.4. The number of anilines is 1. The van der Waals surface area contributed by atoms with Crippen molar-refractivity contribution in [1.29, 1.82) is 0 Å². The van der Waals surface area contributed by atoms with Gasteiger partial charge in [0, 0.05) is 29.1 Å². The minimum Gasteiger partial charge on any atom is -0.478 e.